The van der Waals surface area contributed by atoms with Gasteiger partial charge < -0.3 is 10.2 Å². The van der Waals surface area contributed by atoms with Gasteiger partial charge in [0.05, 0.1) is 0 Å². The first kappa shape index (κ1) is 17.7. The molecule has 1 unspecified atom stereocenters. The van der Waals surface area contributed by atoms with E-state index < -0.39 is 5.97 Å². The van der Waals surface area contributed by atoms with Crippen LogP contribution < -0.4 is 0 Å². The zero-order valence-corrected chi connectivity index (χ0v) is 14.9. The third kappa shape index (κ3) is 3.77. The van der Waals surface area contributed by atoms with Crippen LogP contribution in [0.1, 0.15) is 51.0 Å². The quantitative estimate of drug-likeness (QED) is 0.672. The molecule has 0 amide bonds. The first-order valence-electron chi connectivity index (χ1n) is 8.65. The van der Waals surface area contributed by atoms with Crippen LogP contribution >= 0.6 is 0 Å². The molecule has 1 atom stereocenters. The first-order chi connectivity index (χ1) is 12.5. The summed E-state index contributed by atoms with van der Waals surface area (Å²) in [4.78, 5) is 11.2. The number of benzene rings is 3. The highest BCUT2D eigenvalue weighted by Crippen LogP contribution is 2.28. The summed E-state index contributed by atoms with van der Waals surface area (Å²) in [6, 6.07) is 21.6. The Morgan fingerprint density at radius 2 is 1.62 bits per heavy atom. The lowest BCUT2D eigenvalue weighted by molar-refractivity contribution is 0.0693. The van der Waals surface area contributed by atoms with E-state index in [2.05, 4.69) is 49.4 Å². The third-order valence-electron chi connectivity index (χ3n) is 4.89. The number of aromatic carboxylic acids is 1. The fraction of sp³-hybridized carbons (Fsp3) is 0.174. The molecular formula is C23H22O3. The summed E-state index contributed by atoms with van der Waals surface area (Å²) in [7, 11) is 0. The molecule has 3 heteroatoms. The van der Waals surface area contributed by atoms with Gasteiger partial charge in [-0.25, -0.2) is 4.79 Å². The fourth-order valence-electron chi connectivity index (χ4n) is 3.14. The number of rotatable bonds is 5. The van der Waals surface area contributed by atoms with E-state index in [4.69, 9.17) is 0 Å². The Kier molecular flexibility index (Phi) is 5.08. The molecule has 2 N–H and O–H groups in total. The van der Waals surface area contributed by atoms with Gasteiger partial charge in [0.15, 0.2) is 0 Å². The molecule has 0 aliphatic heterocycles. The Balaban J connectivity index is 1.81. The normalized spacial score (nSPS) is 11.9. The molecule has 26 heavy (non-hydrogen) atoms. The second-order valence-electron chi connectivity index (χ2n) is 6.65. The SMILES string of the molecule is Cc1ccccc1Cc1ccc(C(C)c2ccc(O)c(C(=O)O)c2)cc1. The van der Waals surface area contributed by atoms with Gasteiger partial charge in [0, 0.05) is 5.92 Å². The molecule has 3 aromatic carbocycles. The number of aryl methyl sites for hydroxylation is 1. The van der Waals surface area contributed by atoms with Crippen molar-refractivity contribution in [2.24, 2.45) is 0 Å². The summed E-state index contributed by atoms with van der Waals surface area (Å²) in [5, 5.41) is 18.9. The van der Waals surface area contributed by atoms with Crippen molar-refractivity contribution >= 4 is 5.97 Å². The molecule has 132 valence electrons. The monoisotopic (exact) mass is 346 g/mol. The van der Waals surface area contributed by atoms with Crippen molar-refractivity contribution in [3.8, 4) is 5.75 Å². The maximum atomic E-state index is 11.2. The van der Waals surface area contributed by atoms with Crippen LogP contribution in [0.5, 0.6) is 5.75 Å². The van der Waals surface area contributed by atoms with E-state index >= 15 is 0 Å². The molecule has 0 heterocycles. The van der Waals surface area contributed by atoms with Gasteiger partial charge in [-0.1, -0.05) is 61.5 Å². The van der Waals surface area contributed by atoms with E-state index in [1.54, 1.807) is 12.1 Å². The molecule has 0 aromatic heterocycles. The number of hydrogen-bond donors (Lipinski definition) is 2. The van der Waals surface area contributed by atoms with Gasteiger partial charge in [-0.2, -0.15) is 0 Å². The van der Waals surface area contributed by atoms with Crippen molar-refractivity contribution in [3.63, 3.8) is 0 Å². The van der Waals surface area contributed by atoms with Gasteiger partial charge in [0.25, 0.3) is 0 Å². The summed E-state index contributed by atoms with van der Waals surface area (Å²) in [6.07, 6.45) is 0.893. The zero-order valence-electron chi connectivity index (χ0n) is 14.9. The highest BCUT2D eigenvalue weighted by molar-refractivity contribution is 5.91. The standard InChI is InChI=1S/C23H22O3/c1-15-5-3-4-6-19(15)13-17-7-9-18(10-8-17)16(2)20-11-12-22(24)21(14-20)23(25)26/h3-12,14,16,24H,13H2,1-2H3,(H,25,26). The van der Waals surface area contributed by atoms with Crippen molar-refractivity contribution in [3.05, 3.63) is 100 Å². The first-order valence-corrected chi connectivity index (χ1v) is 8.65. The van der Waals surface area contributed by atoms with Crippen molar-refractivity contribution in [2.45, 2.75) is 26.2 Å². The molecule has 0 saturated carbocycles. The fourth-order valence-corrected chi connectivity index (χ4v) is 3.14. The minimum atomic E-state index is -1.12. The molecular weight excluding hydrogens is 324 g/mol. The zero-order chi connectivity index (χ0) is 18.7. The lowest BCUT2D eigenvalue weighted by Crippen LogP contribution is -2.02. The van der Waals surface area contributed by atoms with Crippen LogP contribution in [0.15, 0.2) is 66.7 Å². The molecule has 3 nitrogen and oxygen atoms in total. The van der Waals surface area contributed by atoms with E-state index in [-0.39, 0.29) is 17.2 Å². The van der Waals surface area contributed by atoms with Crippen LogP contribution in [0.2, 0.25) is 0 Å². The smallest absolute Gasteiger partial charge is 0.339 e. The summed E-state index contributed by atoms with van der Waals surface area (Å²) < 4.78 is 0. The Morgan fingerprint density at radius 3 is 2.27 bits per heavy atom. The Morgan fingerprint density at radius 1 is 0.962 bits per heavy atom. The van der Waals surface area contributed by atoms with Crippen LogP contribution in [0.25, 0.3) is 0 Å². The molecule has 0 spiro atoms. The van der Waals surface area contributed by atoms with Crippen molar-refractivity contribution in [1.29, 1.82) is 0 Å². The Hall–Kier alpha value is -3.07. The number of hydrogen-bond acceptors (Lipinski definition) is 2. The molecule has 3 rings (SSSR count). The van der Waals surface area contributed by atoms with Crippen LogP contribution in [0.3, 0.4) is 0 Å². The van der Waals surface area contributed by atoms with Crippen LogP contribution in [0.4, 0.5) is 0 Å². The van der Waals surface area contributed by atoms with Gasteiger partial charge in [0.1, 0.15) is 11.3 Å². The average Bonchev–Trinajstić information content (AvgIpc) is 2.64. The molecule has 0 aliphatic rings. The van der Waals surface area contributed by atoms with Crippen LogP contribution in [-0.4, -0.2) is 16.2 Å². The number of carboxylic acid groups (broad SMARTS) is 1. The van der Waals surface area contributed by atoms with E-state index in [0.717, 1.165) is 17.5 Å². The van der Waals surface area contributed by atoms with Crippen LogP contribution in [-0.2, 0) is 6.42 Å². The lowest BCUT2D eigenvalue weighted by atomic mass is 9.90. The summed E-state index contributed by atoms with van der Waals surface area (Å²) in [5.74, 6) is -1.28. The number of aromatic hydroxyl groups is 1. The van der Waals surface area contributed by atoms with Crippen molar-refractivity contribution in [2.75, 3.05) is 0 Å². The molecule has 0 radical (unpaired) electrons. The highest BCUT2D eigenvalue weighted by Gasteiger charge is 2.15. The summed E-state index contributed by atoms with van der Waals surface area (Å²) >= 11 is 0. The maximum absolute atomic E-state index is 11.2. The summed E-state index contributed by atoms with van der Waals surface area (Å²) in [6.45, 7) is 4.16. The van der Waals surface area contributed by atoms with Gasteiger partial charge in [0.2, 0.25) is 0 Å². The molecule has 0 saturated heterocycles. The second-order valence-corrected chi connectivity index (χ2v) is 6.65. The molecule has 0 aliphatic carbocycles. The number of carboxylic acids is 1. The number of carbonyl (C=O) groups is 1. The molecule has 0 bridgehead atoms. The van der Waals surface area contributed by atoms with Crippen molar-refractivity contribution in [1.82, 2.24) is 0 Å². The maximum Gasteiger partial charge on any atom is 0.339 e. The van der Waals surface area contributed by atoms with E-state index in [1.165, 1.54) is 22.8 Å². The van der Waals surface area contributed by atoms with Gasteiger partial charge in [-0.3, -0.25) is 0 Å². The van der Waals surface area contributed by atoms with Crippen molar-refractivity contribution < 1.29 is 15.0 Å². The van der Waals surface area contributed by atoms with Gasteiger partial charge in [-0.15, -0.1) is 0 Å². The number of phenols is 1. The van der Waals surface area contributed by atoms with E-state index in [1.807, 2.05) is 13.0 Å². The lowest BCUT2D eigenvalue weighted by Gasteiger charge is -2.15. The predicted octanol–water partition coefficient (Wildman–Crippen LogP) is 5.14. The topological polar surface area (TPSA) is 57.5 Å². The third-order valence-corrected chi connectivity index (χ3v) is 4.89. The molecule has 3 aromatic rings. The largest absolute Gasteiger partial charge is 0.507 e. The molecule has 0 fully saturated rings. The van der Waals surface area contributed by atoms with Crippen LogP contribution in [0, 0.1) is 6.92 Å². The predicted molar refractivity (Wildman–Crippen MR) is 103 cm³/mol. The average molecular weight is 346 g/mol. The second kappa shape index (κ2) is 7.44. The minimum absolute atomic E-state index is 0.0428. The highest BCUT2D eigenvalue weighted by atomic mass is 16.4. The summed E-state index contributed by atoms with van der Waals surface area (Å²) in [5.41, 5.74) is 5.76. The Labute approximate surface area is 153 Å². The van der Waals surface area contributed by atoms with Gasteiger partial charge in [-0.05, 0) is 53.3 Å². The van der Waals surface area contributed by atoms with Gasteiger partial charge >= 0.3 is 5.97 Å². The van der Waals surface area contributed by atoms with E-state index in [9.17, 15) is 15.0 Å². The minimum Gasteiger partial charge on any atom is -0.507 e. The Bertz CT molecular complexity index is 926. The van der Waals surface area contributed by atoms with E-state index in [0.29, 0.717) is 0 Å².